The Labute approximate surface area is 392 Å². The van der Waals surface area contributed by atoms with Crippen molar-refractivity contribution in [2.24, 2.45) is 0 Å². The number of anilines is 3. The van der Waals surface area contributed by atoms with Crippen LogP contribution in [0.3, 0.4) is 0 Å². The maximum atomic E-state index is 2.51. The van der Waals surface area contributed by atoms with Gasteiger partial charge in [-0.2, -0.15) is 0 Å². The molecule has 2 aliphatic carbocycles. The predicted octanol–water partition coefficient (Wildman–Crippen LogP) is 18.1. The molecule has 1 heterocycles. The Bertz CT molecular complexity index is 4130. The number of hydrogen-bond donors (Lipinski definition) is 0. The van der Waals surface area contributed by atoms with Gasteiger partial charge in [-0.1, -0.05) is 188 Å². The van der Waals surface area contributed by atoms with Crippen molar-refractivity contribution in [1.82, 2.24) is 0 Å². The highest BCUT2D eigenvalue weighted by Gasteiger charge is 2.51. The summed E-state index contributed by atoms with van der Waals surface area (Å²) in [5.41, 5.74) is 16.0. The fraction of sp³-hybridized carbons (Fsp3) is 0.0154. The van der Waals surface area contributed by atoms with E-state index in [1.807, 2.05) is 11.3 Å². The largest absolute Gasteiger partial charge is 0.310 e. The minimum Gasteiger partial charge on any atom is -0.310 e. The van der Waals surface area contributed by atoms with Gasteiger partial charge in [0.2, 0.25) is 0 Å². The molecular formula is C65H39NS. The summed E-state index contributed by atoms with van der Waals surface area (Å²) in [7, 11) is 0. The Kier molecular flexibility index (Phi) is 7.65. The Morgan fingerprint density at radius 2 is 0.761 bits per heavy atom. The fourth-order valence-corrected chi connectivity index (χ4v) is 13.5. The van der Waals surface area contributed by atoms with Crippen molar-refractivity contribution in [1.29, 1.82) is 0 Å². The Balaban J connectivity index is 0.991. The molecule has 0 saturated carbocycles. The standard InChI is InChI=1S/C65H39NS/c1-2-16-45-41(15-1)37-62-64(55-24-10-14-28-61(55)67-62)63(45)40-29-31-42(32-30-40)66(43-33-35-50-48-19-4-3-17-46(48)47-18-5-6-20-49(47)56(50)38-43)44-34-36-54-53-23-9-13-27-59(53)65(60(54)39-44)57-25-11-7-21-51(57)52-22-8-12-26-58(52)65/h1-39H. The molecule has 15 rings (SSSR count). The molecule has 1 aromatic heterocycles. The zero-order valence-electron chi connectivity index (χ0n) is 36.4. The van der Waals surface area contributed by atoms with Crippen LogP contribution >= 0.6 is 11.3 Å². The number of rotatable bonds is 4. The van der Waals surface area contributed by atoms with E-state index in [9.17, 15) is 0 Å². The third kappa shape index (κ3) is 5.03. The highest BCUT2D eigenvalue weighted by molar-refractivity contribution is 7.26. The molecule has 67 heavy (non-hydrogen) atoms. The quantitative estimate of drug-likeness (QED) is 0.159. The molecule has 0 amide bonds. The van der Waals surface area contributed by atoms with Crippen molar-refractivity contribution >= 4 is 91.7 Å². The SMILES string of the molecule is c1ccc2c(c1)-c1ccccc1C21c2ccccc2-c2ccc(N(c3ccc(-c4c5ccccc5cc5sc6ccccc6c45)cc3)c3ccc4c5ccccc5c5ccccc5c4c3)cc21. The van der Waals surface area contributed by atoms with Crippen molar-refractivity contribution in [3.63, 3.8) is 0 Å². The molecule has 0 N–H and O–H groups in total. The minimum atomic E-state index is -0.452. The van der Waals surface area contributed by atoms with E-state index in [2.05, 4.69) is 241 Å². The van der Waals surface area contributed by atoms with Gasteiger partial charge >= 0.3 is 0 Å². The first-order chi connectivity index (χ1) is 33.2. The summed E-state index contributed by atoms with van der Waals surface area (Å²) in [5, 5.41) is 12.8. The summed E-state index contributed by atoms with van der Waals surface area (Å²) in [6.07, 6.45) is 0. The molecule has 0 bridgehead atoms. The molecule has 0 aliphatic heterocycles. The lowest BCUT2D eigenvalue weighted by Crippen LogP contribution is -2.26. The number of benzene rings is 12. The van der Waals surface area contributed by atoms with E-state index in [0.717, 1.165) is 17.1 Å². The van der Waals surface area contributed by atoms with E-state index in [1.165, 1.54) is 119 Å². The summed E-state index contributed by atoms with van der Waals surface area (Å²) in [5.74, 6) is 0. The smallest absolute Gasteiger partial charge is 0.0726 e. The molecule has 310 valence electrons. The van der Waals surface area contributed by atoms with Gasteiger partial charge in [-0.3, -0.25) is 0 Å². The fourth-order valence-electron chi connectivity index (χ4n) is 12.3. The molecule has 0 atom stereocenters. The van der Waals surface area contributed by atoms with Crippen LogP contribution in [0.4, 0.5) is 17.1 Å². The van der Waals surface area contributed by atoms with Crippen LogP contribution < -0.4 is 4.90 Å². The Hall–Kier alpha value is -8.30. The zero-order valence-corrected chi connectivity index (χ0v) is 37.2. The summed E-state index contributed by atoms with van der Waals surface area (Å²) < 4.78 is 2.64. The molecule has 2 aliphatic rings. The van der Waals surface area contributed by atoms with Crippen LogP contribution in [-0.4, -0.2) is 0 Å². The summed E-state index contributed by atoms with van der Waals surface area (Å²) in [6, 6.07) is 88.9. The molecule has 0 unspecified atom stereocenters. The lowest BCUT2D eigenvalue weighted by molar-refractivity contribution is 0.793. The second-order valence-electron chi connectivity index (χ2n) is 18.3. The summed E-state index contributed by atoms with van der Waals surface area (Å²) in [4.78, 5) is 2.50. The average Bonchev–Trinajstić information content (AvgIpc) is 4.02. The van der Waals surface area contributed by atoms with Crippen LogP contribution in [0.15, 0.2) is 237 Å². The van der Waals surface area contributed by atoms with E-state index >= 15 is 0 Å². The first-order valence-electron chi connectivity index (χ1n) is 23.2. The minimum absolute atomic E-state index is 0.452. The molecule has 1 spiro atoms. The molecule has 12 aromatic carbocycles. The molecular weight excluding hydrogens is 827 g/mol. The third-order valence-corrected chi connectivity index (χ3v) is 16.1. The highest BCUT2D eigenvalue weighted by atomic mass is 32.1. The number of fused-ring (bicyclic) bond motifs is 20. The van der Waals surface area contributed by atoms with Crippen molar-refractivity contribution in [2.45, 2.75) is 5.41 Å². The van der Waals surface area contributed by atoms with E-state index in [-0.39, 0.29) is 0 Å². The van der Waals surface area contributed by atoms with Crippen LogP contribution in [0.5, 0.6) is 0 Å². The molecule has 13 aromatic rings. The van der Waals surface area contributed by atoms with Crippen LogP contribution in [0, 0.1) is 0 Å². The van der Waals surface area contributed by atoms with Gasteiger partial charge in [-0.05, 0) is 147 Å². The van der Waals surface area contributed by atoms with Crippen LogP contribution in [-0.2, 0) is 5.41 Å². The zero-order chi connectivity index (χ0) is 43.8. The van der Waals surface area contributed by atoms with Crippen LogP contribution in [0.2, 0.25) is 0 Å². The first-order valence-corrected chi connectivity index (χ1v) is 24.1. The van der Waals surface area contributed by atoms with Gasteiger partial charge in [0.25, 0.3) is 0 Å². The molecule has 0 saturated heterocycles. The van der Waals surface area contributed by atoms with Crippen molar-refractivity contribution in [3.05, 3.63) is 259 Å². The Morgan fingerprint density at radius 1 is 0.299 bits per heavy atom. The van der Waals surface area contributed by atoms with E-state index < -0.39 is 5.41 Å². The van der Waals surface area contributed by atoms with Gasteiger partial charge in [-0.15, -0.1) is 11.3 Å². The summed E-state index contributed by atoms with van der Waals surface area (Å²) >= 11 is 1.89. The van der Waals surface area contributed by atoms with Crippen LogP contribution in [0.25, 0.3) is 96.6 Å². The van der Waals surface area contributed by atoms with Crippen molar-refractivity contribution in [2.75, 3.05) is 4.90 Å². The Morgan fingerprint density at radius 3 is 1.40 bits per heavy atom. The molecule has 2 heteroatoms. The van der Waals surface area contributed by atoms with Gasteiger partial charge < -0.3 is 4.90 Å². The predicted molar refractivity (Wildman–Crippen MR) is 286 cm³/mol. The maximum absolute atomic E-state index is 2.51. The molecule has 0 fully saturated rings. The topological polar surface area (TPSA) is 3.24 Å². The molecule has 1 nitrogen and oxygen atoms in total. The van der Waals surface area contributed by atoms with E-state index in [1.54, 1.807) is 0 Å². The lowest BCUT2D eigenvalue weighted by atomic mass is 9.70. The number of hydrogen-bond acceptors (Lipinski definition) is 2. The second-order valence-corrected chi connectivity index (χ2v) is 19.3. The maximum Gasteiger partial charge on any atom is 0.0726 e. The van der Waals surface area contributed by atoms with Crippen LogP contribution in [0.1, 0.15) is 22.3 Å². The third-order valence-electron chi connectivity index (χ3n) is 15.0. The van der Waals surface area contributed by atoms with Crippen molar-refractivity contribution in [3.8, 4) is 33.4 Å². The molecule has 0 radical (unpaired) electrons. The van der Waals surface area contributed by atoms with E-state index in [0.29, 0.717) is 0 Å². The van der Waals surface area contributed by atoms with Gasteiger partial charge in [0.05, 0.1) is 5.41 Å². The second kappa shape index (κ2) is 13.9. The normalized spacial score (nSPS) is 13.2. The average molecular weight is 866 g/mol. The van der Waals surface area contributed by atoms with Crippen molar-refractivity contribution < 1.29 is 0 Å². The van der Waals surface area contributed by atoms with Gasteiger partial charge in [0, 0.05) is 37.2 Å². The van der Waals surface area contributed by atoms with Gasteiger partial charge in [-0.25, -0.2) is 0 Å². The van der Waals surface area contributed by atoms with Gasteiger partial charge in [0.15, 0.2) is 0 Å². The van der Waals surface area contributed by atoms with E-state index in [4.69, 9.17) is 0 Å². The number of nitrogens with zero attached hydrogens (tertiary/aromatic N) is 1. The summed E-state index contributed by atoms with van der Waals surface area (Å²) in [6.45, 7) is 0. The number of thiophene rings is 1. The lowest BCUT2D eigenvalue weighted by Gasteiger charge is -2.32. The highest BCUT2D eigenvalue weighted by Crippen LogP contribution is 2.63. The monoisotopic (exact) mass is 865 g/mol. The first kappa shape index (κ1) is 37.0. The van der Waals surface area contributed by atoms with Gasteiger partial charge in [0.1, 0.15) is 0 Å².